The van der Waals surface area contributed by atoms with E-state index in [1.807, 2.05) is 0 Å². The van der Waals surface area contributed by atoms with Gasteiger partial charge in [-0.15, -0.1) is 0 Å². The van der Waals surface area contributed by atoms with E-state index >= 15 is 0 Å². The third kappa shape index (κ3) is 2.80. The van der Waals surface area contributed by atoms with Gasteiger partial charge in [0.15, 0.2) is 0 Å². The molecule has 3 amide bonds. The van der Waals surface area contributed by atoms with Crippen LogP contribution in [0.2, 0.25) is 0 Å². The van der Waals surface area contributed by atoms with E-state index in [0.717, 1.165) is 11.3 Å². The van der Waals surface area contributed by atoms with Crippen molar-refractivity contribution in [1.82, 2.24) is 15.1 Å². The predicted octanol–water partition coefficient (Wildman–Crippen LogP) is 0.112. The van der Waals surface area contributed by atoms with Crippen molar-refractivity contribution < 1.29 is 19.5 Å². The topological polar surface area (TPSA) is 90.0 Å². The van der Waals surface area contributed by atoms with Gasteiger partial charge in [-0.25, -0.2) is 9.59 Å². The van der Waals surface area contributed by atoms with Crippen LogP contribution in [0.3, 0.4) is 0 Å². The van der Waals surface area contributed by atoms with E-state index in [2.05, 4.69) is 5.32 Å². The van der Waals surface area contributed by atoms with Crippen molar-refractivity contribution in [3.05, 3.63) is 0 Å². The summed E-state index contributed by atoms with van der Waals surface area (Å²) in [5, 5.41) is 11.7. The molecule has 0 aromatic carbocycles. The molecule has 1 unspecified atom stereocenters. The molecule has 0 aromatic heterocycles. The van der Waals surface area contributed by atoms with Crippen LogP contribution in [0, 0.1) is 0 Å². The largest absolute Gasteiger partial charge is 0.480 e. The van der Waals surface area contributed by atoms with Gasteiger partial charge in [0.05, 0.1) is 0 Å². The van der Waals surface area contributed by atoms with Crippen LogP contribution in [0.15, 0.2) is 0 Å². The molecule has 0 radical (unpaired) electrons. The summed E-state index contributed by atoms with van der Waals surface area (Å²) in [4.78, 5) is 37.8. The van der Waals surface area contributed by atoms with Gasteiger partial charge in [0.1, 0.15) is 11.6 Å². The Balaban J connectivity index is 2.88. The lowest BCUT2D eigenvalue weighted by Gasteiger charge is -2.36. The molecule has 108 valence electrons. The maximum absolute atomic E-state index is 12.3. The van der Waals surface area contributed by atoms with Crippen LogP contribution in [0.25, 0.3) is 0 Å². The average molecular weight is 271 g/mol. The Morgan fingerprint density at radius 3 is 2.42 bits per heavy atom. The Morgan fingerprint density at radius 2 is 1.95 bits per heavy atom. The molecule has 0 aliphatic carbocycles. The molecule has 1 rings (SSSR count). The minimum atomic E-state index is -1.31. The zero-order valence-corrected chi connectivity index (χ0v) is 11.8. The maximum atomic E-state index is 12.3. The Hall–Kier alpha value is -1.79. The molecule has 19 heavy (non-hydrogen) atoms. The Morgan fingerprint density at radius 1 is 1.37 bits per heavy atom. The first-order valence-electron chi connectivity index (χ1n) is 6.23. The highest BCUT2D eigenvalue weighted by atomic mass is 16.4. The number of amides is 3. The van der Waals surface area contributed by atoms with Gasteiger partial charge in [0, 0.05) is 20.6 Å². The molecule has 1 atom stereocenters. The Bertz CT molecular complexity index is 394. The van der Waals surface area contributed by atoms with Crippen LogP contribution in [-0.4, -0.2) is 65.0 Å². The van der Waals surface area contributed by atoms with E-state index in [1.165, 1.54) is 32.8 Å². The van der Waals surface area contributed by atoms with Crippen molar-refractivity contribution in [1.29, 1.82) is 0 Å². The normalized spacial score (nSPS) is 19.2. The number of nitrogens with one attached hydrogen (secondary N) is 1. The predicted molar refractivity (Wildman–Crippen MR) is 68.7 cm³/mol. The fraction of sp³-hybridized carbons (Fsp3) is 0.750. The lowest BCUT2D eigenvalue weighted by Crippen LogP contribution is -2.57. The molecule has 2 N–H and O–H groups in total. The van der Waals surface area contributed by atoms with Crippen molar-refractivity contribution in [3.8, 4) is 0 Å². The number of carboxylic acids is 1. The fourth-order valence-electron chi connectivity index (χ4n) is 2.01. The summed E-state index contributed by atoms with van der Waals surface area (Å²) in [7, 11) is 2.96. The number of aliphatic carboxylic acids is 1. The van der Waals surface area contributed by atoms with Crippen LogP contribution >= 0.6 is 0 Å². The van der Waals surface area contributed by atoms with Crippen molar-refractivity contribution in [2.24, 2.45) is 0 Å². The van der Waals surface area contributed by atoms with Gasteiger partial charge in [-0.2, -0.15) is 0 Å². The molecule has 0 saturated carbocycles. The molecule has 7 nitrogen and oxygen atoms in total. The van der Waals surface area contributed by atoms with Crippen molar-refractivity contribution in [2.45, 2.75) is 38.3 Å². The summed E-state index contributed by atoms with van der Waals surface area (Å²) in [6.07, 6.45) is 1.35. The van der Waals surface area contributed by atoms with Crippen molar-refractivity contribution >= 4 is 17.9 Å². The summed E-state index contributed by atoms with van der Waals surface area (Å²) in [5.41, 5.74) is -1.31. The standard InChI is InChI=1S/C12H21N3O4/c1-12(2,10(17)18)14(4)11(19)15-7-5-6-8(15)9(16)13-3/h8H,5-7H2,1-4H3,(H,13,16)(H,17,18). The SMILES string of the molecule is CNC(=O)C1CCCN1C(=O)N(C)C(C)(C)C(=O)O. The van der Waals surface area contributed by atoms with Crippen LogP contribution in [0.1, 0.15) is 26.7 Å². The zero-order valence-electron chi connectivity index (χ0n) is 11.8. The Labute approximate surface area is 112 Å². The number of carboxylic acid groups (broad SMARTS) is 1. The highest BCUT2D eigenvalue weighted by Crippen LogP contribution is 2.22. The minimum absolute atomic E-state index is 0.215. The lowest BCUT2D eigenvalue weighted by molar-refractivity contribution is -0.147. The maximum Gasteiger partial charge on any atom is 0.329 e. The molecular weight excluding hydrogens is 250 g/mol. The van der Waals surface area contributed by atoms with Gasteiger partial charge in [-0.1, -0.05) is 0 Å². The lowest BCUT2D eigenvalue weighted by atomic mass is 10.0. The molecule has 1 heterocycles. The number of carbonyl (C=O) groups excluding carboxylic acids is 2. The highest BCUT2D eigenvalue weighted by molar-refractivity contribution is 5.90. The quantitative estimate of drug-likeness (QED) is 0.762. The van der Waals surface area contributed by atoms with Crippen LogP contribution in [-0.2, 0) is 9.59 Å². The second kappa shape index (κ2) is 5.46. The van der Waals surface area contributed by atoms with Crippen LogP contribution in [0.4, 0.5) is 4.79 Å². The van der Waals surface area contributed by atoms with Gasteiger partial charge in [0.25, 0.3) is 0 Å². The van der Waals surface area contributed by atoms with E-state index in [4.69, 9.17) is 5.11 Å². The smallest absolute Gasteiger partial charge is 0.329 e. The van der Waals surface area contributed by atoms with Crippen LogP contribution < -0.4 is 5.32 Å². The third-order valence-corrected chi connectivity index (χ3v) is 3.70. The van der Waals surface area contributed by atoms with E-state index in [9.17, 15) is 14.4 Å². The number of nitrogens with zero attached hydrogens (tertiary/aromatic N) is 2. The molecule has 1 aliphatic heterocycles. The number of hydrogen-bond acceptors (Lipinski definition) is 3. The molecule has 0 aromatic rings. The van der Waals surface area contributed by atoms with Gasteiger partial charge < -0.3 is 20.2 Å². The second-order valence-corrected chi connectivity index (χ2v) is 5.17. The van der Waals surface area contributed by atoms with E-state index in [0.29, 0.717) is 13.0 Å². The first-order valence-corrected chi connectivity index (χ1v) is 6.23. The molecule has 1 aliphatic rings. The first kappa shape index (κ1) is 15.3. The van der Waals surface area contributed by atoms with E-state index in [-0.39, 0.29) is 5.91 Å². The number of likely N-dealkylation sites (N-methyl/N-ethyl adjacent to an activating group) is 2. The third-order valence-electron chi connectivity index (χ3n) is 3.70. The Kier molecular flexibility index (Phi) is 4.39. The van der Waals surface area contributed by atoms with E-state index in [1.54, 1.807) is 0 Å². The van der Waals surface area contributed by atoms with Gasteiger partial charge in [0.2, 0.25) is 5.91 Å². The van der Waals surface area contributed by atoms with Gasteiger partial charge in [-0.05, 0) is 26.7 Å². The highest BCUT2D eigenvalue weighted by Gasteiger charge is 2.41. The number of hydrogen-bond donors (Lipinski definition) is 2. The van der Waals surface area contributed by atoms with Gasteiger partial charge >= 0.3 is 12.0 Å². The summed E-state index contributed by atoms with van der Waals surface area (Å²) < 4.78 is 0. The molecule has 1 fully saturated rings. The average Bonchev–Trinajstić information content (AvgIpc) is 2.84. The number of urea groups is 1. The van der Waals surface area contributed by atoms with E-state index < -0.39 is 23.6 Å². The fourth-order valence-corrected chi connectivity index (χ4v) is 2.01. The molecule has 1 saturated heterocycles. The van der Waals surface area contributed by atoms with Crippen molar-refractivity contribution in [3.63, 3.8) is 0 Å². The molecule has 7 heteroatoms. The number of carbonyl (C=O) groups is 3. The minimum Gasteiger partial charge on any atom is -0.480 e. The van der Waals surface area contributed by atoms with Crippen molar-refractivity contribution in [2.75, 3.05) is 20.6 Å². The van der Waals surface area contributed by atoms with Gasteiger partial charge in [-0.3, -0.25) is 4.79 Å². The summed E-state index contributed by atoms with van der Waals surface area (Å²) in [6, 6.07) is -0.942. The summed E-state index contributed by atoms with van der Waals surface area (Å²) in [6.45, 7) is 3.38. The molecular formula is C12H21N3O4. The molecule has 0 spiro atoms. The summed E-state index contributed by atoms with van der Waals surface area (Å²) in [5.74, 6) is -1.30. The summed E-state index contributed by atoms with van der Waals surface area (Å²) >= 11 is 0. The second-order valence-electron chi connectivity index (χ2n) is 5.17. The van der Waals surface area contributed by atoms with Crippen LogP contribution in [0.5, 0.6) is 0 Å². The molecule has 0 bridgehead atoms. The number of rotatable bonds is 3. The monoisotopic (exact) mass is 271 g/mol. The number of likely N-dealkylation sites (tertiary alicyclic amines) is 1. The first-order chi connectivity index (χ1) is 8.73. The zero-order chi connectivity index (χ0) is 14.8.